The standard InChI is InChI=1S/C27H37N3O3S/c1-8-23(20(4)11-13-25(9-2)34(7,32)33)17-26(29-15-14-27(28)31)22(6)18-30-24-12-10-19(3)21(5)16-24/h9-13,15-17,30H,4,8,14,18H2,1-3,5-7H3,(H2,28,31)/b13-11-,23-17+,25-9+,26-22-,29-15-. The predicted molar refractivity (Wildman–Crippen MR) is 145 cm³/mol. The van der Waals surface area contributed by atoms with Crippen LogP contribution in [0.2, 0.25) is 0 Å². The summed E-state index contributed by atoms with van der Waals surface area (Å²) in [5, 5.41) is 3.41. The number of rotatable bonds is 12. The number of hydrogen-bond acceptors (Lipinski definition) is 5. The zero-order valence-corrected chi connectivity index (χ0v) is 21.9. The predicted octanol–water partition coefficient (Wildman–Crippen LogP) is 5.33. The summed E-state index contributed by atoms with van der Waals surface area (Å²) in [4.78, 5) is 15.9. The van der Waals surface area contributed by atoms with Crippen LogP contribution in [0.25, 0.3) is 0 Å². The normalized spacial score (nSPS) is 13.9. The number of sulfone groups is 1. The number of nitrogens with one attached hydrogen (secondary N) is 1. The number of benzene rings is 1. The first-order valence-electron chi connectivity index (χ1n) is 11.1. The van der Waals surface area contributed by atoms with Gasteiger partial charge in [0.15, 0.2) is 9.84 Å². The monoisotopic (exact) mass is 483 g/mol. The van der Waals surface area contributed by atoms with Crippen LogP contribution in [0.1, 0.15) is 44.7 Å². The molecule has 3 N–H and O–H groups in total. The second-order valence-electron chi connectivity index (χ2n) is 8.15. The van der Waals surface area contributed by atoms with E-state index in [1.165, 1.54) is 23.6 Å². The van der Waals surface area contributed by atoms with E-state index in [2.05, 4.69) is 42.9 Å². The third-order valence-electron chi connectivity index (χ3n) is 5.29. The Bertz CT molecular complexity index is 1170. The summed E-state index contributed by atoms with van der Waals surface area (Å²) in [5.41, 5.74) is 11.9. The Morgan fingerprint density at radius 1 is 1.21 bits per heavy atom. The van der Waals surface area contributed by atoms with Crippen molar-refractivity contribution in [3.8, 4) is 0 Å². The average molecular weight is 484 g/mol. The lowest BCUT2D eigenvalue weighted by atomic mass is 10.0. The first-order valence-corrected chi connectivity index (χ1v) is 13.0. The van der Waals surface area contributed by atoms with Crippen LogP contribution in [0.15, 0.2) is 81.4 Å². The van der Waals surface area contributed by atoms with Gasteiger partial charge in [-0.2, -0.15) is 0 Å². The van der Waals surface area contributed by atoms with Crippen LogP contribution in [0.4, 0.5) is 5.69 Å². The number of nitrogens with zero attached hydrogens (tertiary/aromatic N) is 1. The topological polar surface area (TPSA) is 102 Å². The van der Waals surface area contributed by atoms with Gasteiger partial charge in [-0.1, -0.05) is 31.7 Å². The molecule has 0 fully saturated rings. The smallest absolute Gasteiger partial charge is 0.222 e. The molecule has 0 aliphatic rings. The first kappa shape index (κ1) is 28.8. The zero-order valence-electron chi connectivity index (χ0n) is 21.1. The van der Waals surface area contributed by atoms with Crippen molar-refractivity contribution >= 4 is 27.6 Å². The first-order chi connectivity index (χ1) is 15.9. The Labute approximate surface area is 204 Å². The van der Waals surface area contributed by atoms with E-state index < -0.39 is 15.7 Å². The number of carbonyl (C=O) groups is 1. The number of primary amides is 1. The van der Waals surface area contributed by atoms with E-state index >= 15 is 0 Å². The number of anilines is 1. The molecule has 0 aliphatic carbocycles. The van der Waals surface area contributed by atoms with Crippen molar-refractivity contribution < 1.29 is 13.2 Å². The summed E-state index contributed by atoms with van der Waals surface area (Å²) < 4.78 is 23.7. The lowest BCUT2D eigenvalue weighted by Crippen LogP contribution is -2.10. The molecule has 0 radical (unpaired) electrons. The van der Waals surface area contributed by atoms with Gasteiger partial charge in [-0.05, 0) is 86.2 Å². The van der Waals surface area contributed by atoms with E-state index in [9.17, 15) is 13.2 Å². The average Bonchev–Trinajstić information content (AvgIpc) is 2.75. The van der Waals surface area contributed by atoms with E-state index in [1.807, 2.05) is 26.0 Å². The maximum atomic E-state index is 11.8. The Kier molecular flexibility index (Phi) is 11.5. The minimum atomic E-state index is -3.31. The second-order valence-corrected chi connectivity index (χ2v) is 10.2. The number of allylic oxidation sites excluding steroid dienone is 6. The molecule has 1 aromatic carbocycles. The van der Waals surface area contributed by atoms with Crippen LogP contribution < -0.4 is 11.1 Å². The maximum absolute atomic E-state index is 11.8. The van der Waals surface area contributed by atoms with E-state index in [-0.39, 0.29) is 11.3 Å². The van der Waals surface area contributed by atoms with Gasteiger partial charge in [-0.25, -0.2) is 8.42 Å². The molecule has 184 valence electrons. The van der Waals surface area contributed by atoms with Crippen LogP contribution >= 0.6 is 0 Å². The molecule has 0 spiro atoms. The van der Waals surface area contributed by atoms with Crippen LogP contribution in [0.3, 0.4) is 0 Å². The summed E-state index contributed by atoms with van der Waals surface area (Å²) >= 11 is 0. The Balaban J connectivity index is 3.27. The van der Waals surface area contributed by atoms with Gasteiger partial charge >= 0.3 is 0 Å². The number of nitrogens with two attached hydrogens (primary N) is 1. The summed E-state index contributed by atoms with van der Waals surface area (Å²) in [5.74, 6) is -0.458. The molecule has 7 heteroatoms. The Morgan fingerprint density at radius 2 is 1.88 bits per heavy atom. The molecule has 0 atom stereocenters. The van der Waals surface area contributed by atoms with Gasteiger partial charge in [-0.3, -0.25) is 9.79 Å². The number of aryl methyl sites for hydroxylation is 2. The highest BCUT2D eigenvalue weighted by atomic mass is 32.2. The SMILES string of the molecule is C=C(/C=C\C(=C/C)S(C)(=O)=O)/C(=C/C(/N=C\CC(N)=O)=C(\C)CNc1ccc(C)c(C)c1)CC. The summed E-state index contributed by atoms with van der Waals surface area (Å²) in [6.07, 6.45) is 10.1. The molecule has 6 nitrogen and oxygen atoms in total. The van der Waals surface area contributed by atoms with Crippen molar-refractivity contribution in [3.05, 3.63) is 87.5 Å². The lowest BCUT2D eigenvalue weighted by Gasteiger charge is -2.12. The minimum absolute atomic E-state index is 0.0382. The highest BCUT2D eigenvalue weighted by Gasteiger charge is 2.08. The molecular formula is C27H37N3O3S. The molecule has 0 heterocycles. The third-order valence-corrected chi connectivity index (χ3v) is 6.52. The molecular weight excluding hydrogens is 446 g/mol. The molecule has 0 aliphatic heterocycles. The minimum Gasteiger partial charge on any atom is -0.381 e. The lowest BCUT2D eigenvalue weighted by molar-refractivity contribution is -0.116. The van der Waals surface area contributed by atoms with Crippen LogP contribution in [-0.4, -0.2) is 33.3 Å². The molecule has 1 rings (SSSR count). The number of aliphatic imine (C=N–C) groups is 1. The second kappa shape index (κ2) is 13.5. The highest BCUT2D eigenvalue weighted by Crippen LogP contribution is 2.21. The molecule has 0 saturated carbocycles. The quantitative estimate of drug-likeness (QED) is 0.310. The van der Waals surface area contributed by atoms with Gasteiger partial charge in [0.1, 0.15) is 0 Å². The van der Waals surface area contributed by atoms with E-state index in [1.54, 1.807) is 25.2 Å². The van der Waals surface area contributed by atoms with Crippen molar-refractivity contribution in [1.29, 1.82) is 0 Å². The zero-order chi connectivity index (χ0) is 25.9. The van der Waals surface area contributed by atoms with Gasteiger partial charge < -0.3 is 11.1 Å². The highest BCUT2D eigenvalue weighted by molar-refractivity contribution is 7.94. The van der Waals surface area contributed by atoms with Gasteiger partial charge in [0, 0.05) is 24.7 Å². The molecule has 1 aromatic rings. The third kappa shape index (κ3) is 9.75. The van der Waals surface area contributed by atoms with Gasteiger partial charge in [0.25, 0.3) is 0 Å². The van der Waals surface area contributed by atoms with Crippen LogP contribution in [0, 0.1) is 13.8 Å². The van der Waals surface area contributed by atoms with Crippen LogP contribution in [-0.2, 0) is 14.6 Å². The van der Waals surface area contributed by atoms with Gasteiger partial charge in [-0.15, -0.1) is 0 Å². The van der Waals surface area contributed by atoms with Gasteiger partial charge in [0.05, 0.1) is 17.0 Å². The van der Waals surface area contributed by atoms with Crippen molar-refractivity contribution in [3.63, 3.8) is 0 Å². The number of carbonyl (C=O) groups excluding carboxylic acids is 1. The molecule has 34 heavy (non-hydrogen) atoms. The molecule has 0 aromatic heterocycles. The molecule has 0 unspecified atom stereocenters. The molecule has 0 saturated heterocycles. The number of amides is 1. The summed E-state index contributed by atoms with van der Waals surface area (Å²) in [6, 6.07) is 6.20. The van der Waals surface area contributed by atoms with E-state index in [4.69, 9.17) is 5.73 Å². The largest absolute Gasteiger partial charge is 0.381 e. The van der Waals surface area contributed by atoms with Crippen LogP contribution in [0.5, 0.6) is 0 Å². The summed E-state index contributed by atoms with van der Waals surface area (Å²) in [6.45, 7) is 14.4. The van der Waals surface area contributed by atoms with E-state index in [0.29, 0.717) is 24.2 Å². The summed E-state index contributed by atoms with van der Waals surface area (Å²) in [7, 11) is -3.31. The van der Waals surface area contributed by atoms with E-state index in [0.717, 1.165) is 16.8 Å². The van der Waals surface area contributed by atoms with Crippen molar-refractivity contribution in [2.75, 3.05) is 18.1 Å². The fourth-order valence-corrected chi connectivity index (χ4v) is 3.74. The Morgan fingerprint density at radius 3 is 2.41 bits per heavy atom. The van der Waals surface area contributed by atoms with Gasteiger partial charge in [0.2, 0.25) is 5.91 Å². The molecule has 0 bridgehead atoms. The Hall–Kier alpha value is -3.19. The van der Waals surface area contributed by atoms with Crippen molar-refractivity contribution in [2.45, 2.75) is 47.5 Å². The fourth-order valence-electron chi connectivity index (χ4n) is 2.99. The van der Waals surface area contributed by atoms with Crippen molar-refractivity contribution in [2.24, 2.45) is 10.7 Å². The molecule has 1 amide bonds. The van der Waals surface area contributed by atoms with Crippen molar-refractivity contribution in [1.82, 2.24) is 0 Å². The maximum Gasteiger partial charge on any atom is 0.222 e. The fraction of sp³-hybridized carbons (Fsp3) is 0.333. The number of hydrogen-bond donors (Lipinski definition) is 2.